The van der Waals surface area contributed by atoms with Gasteiger partial charge in [-0.15, -0.1) is 0 Å². The molecule has 0 aliphatic rings. The number of carboxylic acids is 1. The summed E-state index contributed by atoms with van der Waals surface area (Å²) in [5.74, 6) is 0.145. The molecule has 1 N–H and O–H groups in total. The van der Waals surface area contributed by atoms with E-state index in [0.29, 0.717) is 38.6 Å². The molecule has 9 heteroatoms. The molecule has 0 fully saturated rings. The second-order valence-corrected chi connectivity index (χ2v) is 10.5. The number of halogens is 1. The van der Waals surface area contributed by atoms with Crippen molar-refractivity contribution in [2.45, 2.75) is 6.61 Å². The van der Waals surface area contributed by atoms with E-state index in [1.807, 2.05) is 42.5 Å². The number of furan rings is 1. The Morgan fingerprint density at radius 1 is 0.909 bits per heavy atom. The van der Waals surface area contributed by atoms with E-state index < -0.39 is 5.97 Å². The van der Waals surface area contributed by atoms with Gasteiger partial charge in [-0.1, -0.05) is 66.2 Å². The Balaban J connectivity index is 1.35. The first kappa shape index (κ1) is 27.1. The number of nitrogens with zero attached hydrogens (tertiary/aromatic N) is 3. The van der Waals surface area contributed by atoms with E-state index in [2.05, 4.69) is 5.10 Å². The van der Waals surface area contributed by atoms with Crippen LogP contribution in [0.15, 0.2) is 124 Å². The predicted octanol–water partition coefficient (Wildman–Crippen LogP) is 7.78. The van der Waals surface area contributed by atoms with E-state index in [4.69, 9.17) is 25.7 Å². The predicted molar refractivity (Wildman–Crippen MR) is 171 cm³/mol. The Morgan fingerprint density at radius 3 is 2.50 bits per heavy atom. The molecule has 0 aliphatic heterocycles. The van der Waals surface area contributed by atoms with Crippen LogP contribution in [0.2, 0.25) is 5.02 Å². The van der Waals surface area contributed by atoms with E-state index in [1.165, 1.54) is 16.8 Å². The van der Waals surface area contributed by atoms with Crippen LogP contribution in [0.5, 0.6) is 5.75 Å². The molecule has 0 bridgehead atoms. The van der Waals surface area contributed by atoms with Crippen molar-refractivity contribution in [1.29, 1.82) is 0 Å². The lowest BCUT2D eigenvalue weighted by Gasteiger charge is -2.13. The molecule has 0 amide bonds. The largest absolute Gasteiger partial charge is 0.488 e. The highest BCUT2D eigenvalue weighted by atomic mass is 35.5. The first-order valence-corrected chi connectivity index (χ1v) is 14.0. The van der Waals surface area contributed by atoms with Crippen molar-refractivity contribution in [2.24, 2.45) is 5.10 Å². The Hall–Kier alpha value is -5.73. The fraction of sp³-hybridized carbons (Fsp3) is 0.0286. The summed E-state index contributed by atoms with van der Waals surface area (Å²) in [4.78, 5) is 29.8. The molecule has 0 radical (unpaired) electrons. The van der Waals surface area contributed by atoms with Crippen molar-refractivity contribution in [3.05, 3.63) is 141 Å². The number of carboxylic acid groups (broad SMARTS) is 1. The average Bonchev–Trinajstić information content (AvgIpc) is 3.47. The number of aromatic nitrogens is 2. The van der Waals surface area contributed by atoms with E-state index in [9.17, 15) is 14.7 Å². The minimum atomic E-state index is -0.991. The number of ether oxygens (including phenoxy) is 1. The van der Waals surface area contributed by atoms with Crippen LogP contribution < -0.4 is 10.3 Å². The summed E-state index contributed by atoms with van der Waals surface area (Å²) in [5.41, 5.74) is 2.41. The van der Waals surface area contributed by atoms with Gasteiger partial charge in [-0.05, 0) is 70.9 Å². The molecule has 214 valence electrons. The number of fused-ring (bicyclic) bond motifs is 3. The van der Waals surface area contributed by atoms with E-state index in [-0.39, 0.29) is 23.6 Å². The highest BCUT2D eigenvalue weighted by Gasteiger charge is 2.17. The van der Waals surface area contributed by atoms with Crippen LogP contribution in [0.3, 0.4) is 0 Å². The molecule has 0 unspecified atom stereocenters. The third-order valence-electron chi connectivity index (χ3n) is 7.28. The smallest absolute Gasteiger partial charge is 0.335 e. The van der Waals surface area contributed by atoms with Gasteiger partial charge in [0, 0.05) is 16.0 Å². The molecule has 0 saturated carbocycles. The molecule has 0 spiro atoms. The first-order chi connectivity index (χ1) is 21.4. The number of hydrogen-bond acceptors (Lipinski definition) is 6. The van der Waals surface area contributed by atoms with Crippen molar-refractivity contribution in [2.75, 3.05) is 0 Å². The molecular formula is C35H22ClN3O5. The first-order valence-electron chi connectivity index (χ1n) is 13.7. The van der Waals surface area contributed by atoms with Crippen LogP contribution in [0.25, 0.3) is 44.2 Å². The number of para-hydroxylation sites is 1. The zero-order chi connectivity index (χ0) is 30.2. The van der Waals surface area contributed by atoms with Gasteiger partial charge in [0.2, 0.25) is 5.82 Å². The van der Waals surface area contributed by atoms with Crippen LogP contribution in [-0.4, -0.2) is 27.0 Å². The van der Waals surface area contributed by atoms with Gasteiger partial charge in [0.15, 0.2) is 5.76 Å². The minimum absolute atomic E-state index is 0.198. The summed E-state index contributed by atoms with van der Waals surface area (Å²) in [6.45, 7) is 0.198. The quantitative estimate of drug-likeness (QED) is 0.188. The number of carbonyl (C=O) groups is 1. The molecule has 0 atom stereocenters. The van der Waals surface area contributed by atoms with Gasteiger partial charge in [0.05, 0.1) is 22.7 Å². The normalized spacial score (nSPS) is 11.6. The van der Waals surface area contributed by atoms with Crippen LogP contribution in [0.4, 0.5) is 0 Å². The third-order valence-corrected chi connectivity index (χ3v) is 7.52. The average molecular weight is 600 g/mol. The molecular weight excluding hydrogens is 578 g/mol. The van der Waals surface area contributed by atoms with Crippen LogP contribution >= 0.6 is 11.6 Å². The van der Waals surface area contributed by atoms with Crippen LogP contribution in [-0.2, 0) is 6.61 Å². The Kier molecular flexibility index (Phi) is 6.88. The fourth-order valence-corrected chi connectivity index (χ4v) is 5.25. The lowest BCUT2D eigenvalue weighted by Crippen LogP contribution is -2.20. The Bertz CT molecular complexity index is 2310. The number of rotatable bonds is 7. The van der Waals surface area contributed by atoms with Crippen molar-refractivity contribution in [3.8, 4) is 17.3 Å². The maximum Gasteiger partial charge on any atom is 0.335 e. The molecule has 8 nitrogen and oxygen atoms in total. The lowest BCUT2D eigenvalue weighted by atomic mass is 10.0. The van der Waals surface area contributed by atoms with Gasteiger partial charge >= 0.3 is 5.97 Å². The molecule has 2 heterocycles. The molecule has 44 heavy (non-hydrogen) atoms. The standard InChI is InChI=1S/C35H22ClN3O5/c36-25-14-16-30-24(17-25)18-32(44-30)33-38-29-8-4-3-7-27(29)34(40)39(33)37-19-28-26-6-2-1-5-22(26)13-15-31(28)43-20-21-9-11-23(12-10-21)35(41)42/h1-19H,20H2,(H,41,42). The number of hydrogen-bond donors (Lipinski definition) is 1. The topological polar surface area (TPSA) is 107 Å². The maximum absolute atomic E-state index is 13.8. The molecule has 2 aromatic heterocycles. The van der Waals surface area contributed by atoms with E-state index in [1.54, 1.807) is 60.8 Å². The van der Waals surface area contributed by atoms with E-state index >= 15 is 0 Å². The number of benzene rings is 5. The summed E-state index contributed by atoms with van der Waals surface area (Å²) in [7, 11) is 0. The van der Waals surface area contributed by atoms with Gasteiger partial charge in [-0.3, -0.25) is 4.79 Å². The molecule has 7 aromatic rings. The maximum atomic E-state index is 13.8. The summed E-state index contributed by atoms with van der Waals surface area (Å²) in [6.07, 6.45) is 1.59. The van der Waals surface area contributed by atoms with Gasteiger partial charge in [0.25, 0.3) is 5.56 Å². The molecule has 5 aromatic carbocycles. The summed E-state index contributed by atoms with van der Waals surface area (Å²) in [5, 5.41) is 17.5. The minimum Gasteiger partial charge on any atom is -0.488 e. The van der Waals surface area contributed by atoms with Gasteiger partial charge < -0.3 is 14.3 Å². The highest BCUT2D eigenvalue weighted by molar-refractivity contribution is 6.31. The van der Waals surface area contributed by atoms with Crippen LogP contribution in [0, 0.1) is 0 Å². The van der Waals surface area contributed by atoms with Crippen LogP contribution in [0.1, 0.15) is 21.5 Å². The second kappa shape index (κ2) is 11.2. The van der Waals surface area contributed by atoms with Gasteiger partial charge in [0.1, 0.15) is 17.9 Å². The zero-order valence-electron chi connectivity index (χ0n) is 23.0. The highest BCUT2D eigenvalue weighted by Crippen LogP contribution is 2.30. The van der Waals surface area contributed by atoms with E-state index in [0.717, 1.165) is 21.7 Å². The summed E-state index contributed by atoms with van der Waals surface area (Å²) >= 11 is 6.20. The summed E-state index contributed by atoms with van der Waals surface area (Å²) < 4.78 is 13.5. The Labute approximate surface area is 255 Å². The number of aromatic carboxylic acids is 1. The monoisotopic (exact) mass is 599 g/mol. The van der Waals surface area contributed by atoms with Gasteiger partial charge in [-0.25, -0.2) is 9.78 Å². The third kappa shape index (κ3) is 5.08. The SMILES string of the molecule is O=C(O)c1ccc(COc2ccc3ccccc3c2C=Nn2c(-c3cc4cc(Cl)ccc4o3)nc3ccccc3c2=O)cc1. The molecule has 0 saturated heterocycles. The molecule has 0 aliphatic carbocycles. The zero-order valence-corrected chi connectivity index (χ0v) is 23.7. The van der Waals surface area contributed by atoms with Crippen molar-refractivity contribution in [1.82, 2.24) is 9.66 Å². The molecule has 7 rings (SSSR count). The van der Waals surface area contributed by atoms with Crippen molar-refractivity contribution < 1.29 is 19.1 Å². The fourth-order valence-electron chi connectivity index (χ4n) is 5.07. The van der Waals surface area contributed by atoms with Crippen molar-refractivity contribution >= 4 is 56.4 Å². The van der Waals surface area contributed by atoms with Crippen molar-refractivity contribution in [3.63, 3.8) is 0 Å². The summed E-state index contributed by atoms with van der Waals surface area (Å²) in [6, 6.07) is 32.2. The second-order valence-electron chi connectivity index (χ2n) is 10.1. The van der Waals surface area contributed by atoms with Gasteiger partial charge in [-0.2, -0.15) is 9.78 Å². The lowest BCUT2D eigenvalue weighted by molar-refractivity contribution is 0.0697. The Morgan fingerprint density at radius 2 is 1.68 bits per heavy atom.